The molecule has 19 heavy (non-hydrogen) atoms. The van der Waals surface area contributed by atoms with Crippen molar-refractivity contribution in [3.05, 3.63) is 51.5 Å². The quantitative estimate of drug-likeness (QED) is 0.863. The monoisotopic (exact) mass is 341 g/mol. The summed E-state index contributed by atoms with van der Waals surface area (Å²) in [5, 5.41) is 13.5. The van der Waals surface area contributed by atoms with E-state index in [2.05, 4.69) is 21.2 Å². The van der Waals surface area contributed by atoms with E-state index in [4.69, 9.17) is 16.3 Å². The van der Waals surface area contributed by atoms with Gasteiger partial charge in [0.15, 0.2) is 11.5 Å². The minimum Gasteiger partial charge on any atom is -0.504 e. The van der Waals surface area contributed by atoms with Crippen molar-refractivity contribution in [3.8, 4) is 11.5 Å². The van der Waals surface area contributed by atoms with Crippen LogP contribution in [-0.4, -0.2) is 12.2 Å². The Morgan fingerprint density at radius 3 is 2.84 bits per heavy atom. The van der Waals surface area contributed by atoms with Crippen molar-refractivity contribution in [2.24, 2.45) is 0 Å². The van der Waals surface area contributed by atoms with Crippen molar-refractivity contribution >= 4 is 33.2 Å². The highest BCUT2D eigenvalue weighted by Gasteiger charge is 2.05. The molecule has 2 aromatic rings. The molecule has 0 aliphatic carbocycles. The van der Waals surface area contributed by atoms with Crippen LogP contribution in [0.4, 0.5) is 5.69 Å². The average molecular weight is 343 g/mol. The third kappa shape index (κ3) is 3.33. The number of phenols is 1. The number of rotatable bonds is 4. The normalized spacial score (nSPS) is 10.3. The van der Waals surface area contributed by atoms with Crippen LogP contribution in [-0.2, 0) is 6.54 Å². The summed E-state index contributed by atoms with van der Waals surface area (Å²) in [6.07, 6.45) is 0. The highest BCUT2D eigenvalue weighted by Crippen LogP contribution is 2.31. The van der Waals surface area contributed by atoms with Gasteiger partial charge >= 0.3 is 0 Å². The highest BCUT2D eigenvalue weighted by molar-refractivity contribution is 9.10. The average Bonchev–Trinajstić information content (AvgIpc) is 2.42. The standard InChI is InChI=1S/C14H13BrClNO2/c1-19-13-7-9(5-6-12(13)18)8-17-11-4-2-3-10(16)14(11)15/h2-7,17-18H,8H2,1H3. The minimum atomic E-state index is 0.134. The molecule has 100 valence electrons. The second kappa shape index (κ2) is 6.17. The van der Waals surface area contributed by atoms with E-state index in [0.29, 0.717) is 17.3 Å². The summed E-state index contributed by atoms with van der Waals surface area (Å²) in [6, 6.07) is 10.9. The number of methoxy groups -OCH3 is 1. The van der Waals surface area contributed by atoms with Gasteiger partial charge in [-0.25, -0.2) is 0 Å². The van der Waals surface area contributed by atoms with Crippen molar-refractivity contribution in [1.29, 1.82) is 0 Å². The van der Waals surface area contributed by atoms with Gasteiger partial charge < -0.3 is 15.2 Å². The zero-order valence-corrected chi connectivity index (χ0v) is 12.6. The van der Waals surface area contributed by atoms with Crippen LogP contribution in [0, 0.1) is 0 Å². The zero-order valence-electron chi connectivity index (χ0n) is 10.3. The van der Waals surface area contributed by atoms with E-state index in [-0.39, 0.29) is 5.75 Å². The lowest BCUT2D eigenvalue weighted by molar-refractivity contribution is 0.373. The number of anilines is 1. The molecular weight excluding hydrogens is 330 g/mol. The summed E-state index contributed by atoms with van der Waals surface area (Å²) >= 11 is 9.46. The number of nitrogens with one attached hydrogen (secondary N) is 1. The van der Waals surface area contributed by atoms with Gasteiger partial charge in [0.1, 0.15) is 0 Å². The lowest BCUT2D eigenvalue weighted by Crippen LogP contribution is -2.00. The van der Waals surface area contributed by atoms with Crippen LogP contribution >= 0.6 is 27.5 Å². The van der Waals surface area contributed by atoms with Gasteiger partial charge in [0.25, 0.3) is 0 Å². The summed E-state index contributed by atoms with van der Waals surface area (Å²) in [7, 11) is 1.53. The molecule has 0 spiro atoms. The number of phenolic OH excluding ortho intramolecular Hbond substituents is 1. The summed E-state index contributed by atoms with van der Waals surface area (Å²) in [6.45, 7) is 0.607. The molecule has 2 rings (SSSR count). The summed E-state index contributed by atoms with van der Waals surface area (Å²) in [5.41, 5.74) is 1.92. The summed E-state index contributed by atoms with van der Waals surface area (Å²) < 4.78 is 5.91. The Morgan fingerprint density at radius 1 is 1.32 bits per heavy atom. The third-order valence-corrected chi connectivity index (χ3v) is 4.08. The molecule has 0 saturated carbocycles. The van der Waals surface area contributed by atoms with E-state index in [1.165, 1.54) is 7.11 Å². The van der Waals surface area contributed by atoms with Crippen molar-refractivity contribution in [2.75, 3.05) is 12.4 Å². The maximum atomic E-state index is 9.53. The molecule has 0 radical (unpaired) electrons. The topological polar surface area (TPSA) is 41.5 Å². The van der Waals surface area contributed by atoms with Crippen LogP contribution in [0.5, 0.6) is 11.5 Å². The van der Waals surface area contributed by atoms with Crippen molar-refractivity contribution in [3.63, 3.8) is 0 Å². The van der Waals surface area contributed by atoms with Gasteiger partial charge in [0, 0.05) is 6.54 Å². The number of halogens is 2. The predicted molar refractivity (Wildman–Crippen MR) is 81.1 cm³/mol. The fourth-order valence-corrected chi connectivity index (χ4v) is 2.25. The Balaban J connectivity index is 2.12. The number of benzene rings is 2. The summed E-state index contributed by atoms with van der Waals surface area (Å²) in [5.74, 6) is 0.597. The fraction of sp³-hybridized carbons (Fsp3) is 0.143. The molecule has 0 aromatic heterocycles. The van der Waals surface area contributed by atoms with Crippen molar-refractivity contribution in [2.45, 2.75) is 6.54 Å². The van der Waals surface area contributed by atoms with Crippen molar-refractivity contribution in [1.82, 2.24) is 0 Å². The van der Waals surface area contributed by atoms with E-state index < -0.39 is 0 Å². The molecule has 0 amide bonds. The van der Waals surface area contributed by atoms with Crippen LogP contribution in [0.25, 0.3) is 0 Å². The van der Waals surface area contributed by atoms with Gasteiger partial charge in [-0.15, -0.1) is 0 Å². The lowest BCUT2D eigenvalue weighted by Gasteiger charge is -2.11. The molecule has 0 aliphatic heterocycles. The SMILES string of the molecule is COc1cc(CNc2cccc(Cl)c2Br)ccc1O. The number of hydrogen-bond acceptors (Lipinski definition) is 3. The van der Waals surface area contributed by atoms with Crippen molar-refractivity contribution < 1.29 is 9.84 Å². The number of aromatic hydroxyl groups is 1. The first-order valence-corrected chi connectivity index (χ1v) is 6.82. The van der Waals surface area contributed by atoms with E-state index in [9.17, 15) is 5.11 Å². The molecule has 0 atom stereocenters. The first-order chi connectivity index (χ1) is 9.11. The van der Waals surface area contributed by atoms with Gasteiger partial charge in [0.05, 0.1) is 22.3 Å². The molecule has 0 unspecified atom stereocenters. The Kier molecular flexibility index (Phi) is 4.56. The second-order valence-electron chi connectivity index (χ2n) is 3.96. The fourth-order valence-electron chi connectivity index (χ4n) is 1.67. The molecule has 0 saturated heterocycles. The zero-order chi connectivity index (χ0) is 13.8. The molecule has 0 bridgehead atoms. The molecule has 2 aromatic carbocycles. The van der Waals surface area contributed by atoms with Crippen LogP contribution in [0.1, 0.15) is 5.56 Å². The van der Waals surface area contributed by atoms with E-state index in [1.54, 1.807) is 12.1 Å². The Bertz CT molecular complexity index is 590. The maximum absolute atomic E-state index is 9.53. The number of hydrogen-bond donors (Lipinski definition) is 2. The van der Waals surface area contributed by atoms with E-state index in [0.717, 1.165) is 15.7 Å². The molecule has 2 N–H and O–H groups in total. The minimum absolute atomic E-state index is 0.134. The first-order valence-electron chi connectivity index (χ1n) is 5.65. The molecule has 0 heterocycles. The molecule has 0 aliphatic rings. The summed E-state index contributed by atoms with van der Waals surface area (Å²) in [4.78, 5) is 0. The number of ether oxygens (including phenoxy) is 1. The van der Waals surface area contributed by atoms with Crippen LogP contribution in [0.15, 0.2) is 40.9 Å². The Morgan fingerprint density at radius 2 is 2.11 bits per heavy atom. The molecule has 3 nitrogen and oxygen atoms in total. The molecule has 0 fully saturated rings. The van der Waals surface area contributed by atoms with Gasteiger partial charge in [0.2, 0.25) is 0 Å². The van der Waals surface area contributed by atoms with Gasteiger partial charge in [-0.2, -0.15) is 0 Å². The second-order valence-corrected chi connectivity index (χ2v) is 5.16. The van der Waals surface area contributed by atoms with E-state index >= 15 is 0 Å². The van der Waals surface area contributed by atoms with Crippen LogP contribution in [0.2, 0.25) is 5.02 Å². The predicted octanol–water partition coefficient (Wildman–Crippen LogP) is 4.43. The largest absolute Gasteiger partial charge is 0.504 e. The van der Waals surface area contributed by atoms with Gasteiger partial charge in [-0.1, -0.05) is 23.7 Å². The Hall–Kier alpha value is -1.39. The first kappa shape index (κ1) is 14.0. The lowest BCUT2D eigenvalue weighted by atomic mass is 10.2. The van der Waals surface area contributed by atoms with Gasteiger partial charge in [-0.05, 0) is 45.8 Å². The van der Waals surface area contributed by atoms with Crippen LogP contribution in [0.3, 0.4) is 0 Å². The highest BCUT2D eigenvalue weighted by atomic mass is 79.9. The van der Waals surface area contributed by atoms with Crippen LogP contribution < -0.4 is 10.1 Å². The Labute approximate surface area is 125 Å². The van der Waals surface area contributed by atoms with Gasteiger partial charge in [-0.3, -0.25) is 0 Å². The smallest absolute Gasteiger partial charge is 0.160 e. The third-order valence-electron chi connectivity index (χ3n) is 2.68. The maximum Gasteiger partial charge on any atom is 0.160 e. The van der Waals surface area contributed by atoms with E-state index in [1.807, 2.05) is 24.3 Å². The molecule has 5 heteroatoms. The molecular formula is C14H13BrClNO2.